The van der Waals surface area contributed by atoms with Gasteiger partial charge in [0.1, 0.15) is 24.6 Å². The molecule has 0 amide bonds. The summed E-state index contributed by atoms with van der Waals surface area (Å²) in [7, 11) is 0. The highest BCUT2D eigenvalue weighted by Gasteiger charge is 2.34. The SMILES string of the molecule is C[C@H](O)c1nccn1[C@@H](C#Cc1ccc(-c2ccc(C3CC(NCC(F)(F)CO)C3)cc2)cc1)CO. The van der Waals surface area contributed by atoms with Gasteiger partial charge in [-0.3, -0.25) is 0 Å². The average Bonchev–Trinajstić information content (AvgIpc) is 3.34. The van der Waals surface area contributed by atoms with Crippen LogP contribution in [-0.4, -0.2) is 56.6 Å². The Morgan fingerprint density at radius 1 is 1.08 bits per heavy atom. The van der Waals surface area contributed by atoms with Crippen LogP contribution in [0.15, 0.2) is 60.9 Å². The van der Waals surface area contributed by atoms with Gasteiger partial charge in [0, 0.05) is 24.0 Å². The number of hydrogen-bond acceptors (Lipinski definition) is 5. The number of aliphatic hydroxyl groups is 3. The van der Waals surface area contributed by atoms with Crippen LogP contribution in [0.4, 0.5) is 8.78 Å². The van der Waals surface area contributed by atoms with Gasteiger partial charge < -0.3 is 25.2 Å². The van der Waals surface area contributed by atoms with Crippen molar-refractivity contribution in [3.05, 3.63) is 77.9 Å². The first-order chi connectivity index (χ1) is 17.3. The molecule has 190 valence electrons. The van der Waals surface area contributed by atoms with Gasteiger partial charge in [-0.05, 0) is 54.5 Å². The predicted octanol–water partition coefficient (Wildman–Crippen LogP) is 3.65. The van der Waals surface area contributed by atoms with Crippen LogP contribution in [0.25, 0.3) is 11.1 Å². The van der Waals surface area contributed by atoms with E-state index in [9.17, 15) is 19.0 Å². The largest absolute Gasteiger partial charge is 0.393 e. The van der Waals surface area contributed by atoms with Crippen LogP contribution in [-0.2, 0) is 0 Å². The smallest absolute Gasteiger partial charge is 0.282 e. The lowest BCUT2D eigenvalue weighted by Gasteiger charge is -2.37. The van der Waals surface area contributed by atoms with Gasteiger partial charge in [0.15, 0.2) is 0 Å². The second-order valence-electron chi connectivity index (χ2n) is 9.30. The summed E-state index contributed by atoms with van der Waals surface area (Å²) >= 11 is 0. The molecule has 1 saturated carbocycles. The molecular formula is C28H31F2N3O3. The van der Waals surface area contributed by atoms with Gasteiger partial charge in [-0.15, -0.1) is 0 Å². The number of nitrogens with one attached hydrogen (secondary N) is 1. The van der Waals surface area contributed by atoms with Gasteiger partial charge in [0.25, 0.3) is 5.92 Å². The van der Waals surface area contributed by atoms with Crippen molar-refractivity contribution in [1.29, 1.82) is 0 Å². The van der Waals surface area contributed by atoms with Crippen molar-refractivity contribution in [2.45, 2.75) is 49.8 Å². The van der Waals surface area contributed by atoms with E-state index in [-0.39, 0.29) is 12.6 Å². The van der Waals surface area contributed by atoms with Gasteiger partial charge in [-0.25, -0.2) is 13.8 Å². The maximum atomic E-state index is 13.2. The van der Waals surface area contributed by atoms with Gasteiger partial charge >= 0.3 is 0 Å². The topological polar surface area (TPSA) is 90.5 Å². The Labute approximate surface area is 209 Å². The van der Waals surface area contributed by atoms with Crippen molar-refractivity contribution >= 4 is 0 Å². The highest BCUT2D eigenvalue weighted by Crippen LogP contribution is 2.37. The molecule has 0 spiro atoms. The second kappa shape index (κ2) is 11.3. The fourth-order valence-corrected chi connectivity index (χ4v) is 4.38. The van der Waals surface area contributed by atoms with E-state index >= 15 is 0 Å². The first-order valence-electron chi connectivity index (χ1n) is 12.1. The summed E-state index contributed by atoms with van der Waals surface area (Å²) in [4.78, 5) is 4.13. The monoisotopic (exact) mass is 495 g/mol. The number of imidazole rings is 1. The van der Waals surface area contributed by atoms with Gasteiger partial charge in [0.2, 0.25) is 0 Å². The van der Waals surface area contributed by atoms with Crippen LogP contribution in [0.2, 0.25) is 0 Å². The zero-order valence-corrected chi connectivity index (χ0v) is 20.1. The molecule has 3 aromatic rings. The molecule has 2 atom stereocenters. The third-order valence-corrected chi connectivity index (χ3v) is 6.58. The average molecular weight is 496 g/mol. The molecule has 1 fully saturated rings. The normalized spacial score (nSPS) is 19.2. The molecule has 4 N–H and O–H groups in total. The summed E-state index contributed by atoms with van der Waals surface area (Å²) in [6.07, 6.45) is 4.13. The van der Waals surface area contributed by atoms with Gasteiger partial charge in [-0.1, -0.05) is 48.2 Å². The highest BCUT2D eigenvalue weighted by atomic mass is 19.3. The first-order valence-corrected chi connectivity index (χ1v) is 12.1. The van der Waals surface area contributed by atoms with E-state index < -0.39 is 31.2 Å². The first kappa shape index (κ1) is 26.0. The summed E-state index contributed by atoms with van der Waals surface area (Å²) in [6, 6.07) is 15.7. The number of hydrogen-bond donors (Lipinski definition) is 4. The number of aliphatic hydroxyl groups excluding tert-OH is 3. The zero-order chi connectivity index (χ0) is 25.7. The van der Waals surface area contributed by atoms with Gasteiger partial charge in [-0.2, -0.15) is 0 Å². The quantitative estimate of drug-likeness (QED) is 0.340. The number of halogens is 2. The van der Waals surface area contributed by atoms with E-state index in [0.29, 0.717) is 11.7 Å². The molecule has 4 rings (SSSR count). The molecule has 0 unspecified atom stereocenters. The van der Waals surface area contributed by atoms with Crippen LogP contribution in [0, 0.1) is 11.8 Å². The molecule has 1 heterocycles. The Hall–Kier alpha value is -3.09. The van der Waals surface area contributed by atoms with E-state index in [1.807, 2.05) is 24.3 Å². The Bertz CT molecular complexity index is 1190. The highest BCUT2D eigenvalue weighted by molar-refractivity contribution is 5.64. The van der Waals surface area contributed by atoms with E-state index in [2.05, 4.69) is 46.4 Å². The predicted molar refractivity (Wildman–Crippen MR) is 134 cm³/mol. The van der Waals surface area contributed by atoms with Crippen LogP contribution >= 0.6 is 0 Å². The molecule has 0 bridgehead atoms. The molecule has 0 aliphatic heterocycles. The van der Waals surface area contributed by atoms with E-state index in [1.165, 1.54) is 5.56 Å². The molecule has 0 saturated heterocycles. The summed E-state index contributed by atoms with van der Waals surface area (Å²) in [6.45, 7) is -0.199. The third-order valence-electron chi connectivity index (χ3n) is 6.58. The molecule has 0 radical (unpaired) electrons. The van der Waals surface area contributed by atoms with Crippen LogP contribution < -0.4 is 5.32 Å². The number of aromatic nitrogens is 2. The molecule has 8 heteroatoms. The van der Waals surface area contributed by atoms with Crippen molar-refractivity contribution in [3.8, 4) is 23.0 Å². The summed E-state index contributed by atoms with van der Waals surface area (Å²) in [5, 5.41) is 31.1. The van der Waals surface area contributed by atoms with E-state index in [1.54, 1.807) is 23.9 Å². The summed E-state index contributed by atoms with van der Waals surface area (Å²) in [5.41, 5.74) is 4.13. The fraction of sp³-hybridized carbons (Fsp3) is 0.393. The van der Waals surface area contributed by atoms with Crippen molar-refractivity contribution in [2.24, 2.45) is 0 Å². The van der Waals surface area contributed by atoms with E-state index in [0.717, 1.165) is 29.5 Å². The maximum Gasteiger partial charge on any atom is 0.282 e. The Kier molecular flexibility index (Phi) is 8.17. The molecule has 1 aromatic heterocycles. The van der Waals surface area contributed by atoms with Crippen molar-refractivity contribution in [3.63, 3.8) is 0 Å². The minimum atomic E-state index is -3.07. The van der Waals surface area contributed by atoms with Gasteiger partial charge in [0.05, 0.1) is 13.2 Å². The van der Waals surface area contributed by atoms with Crippen molar-refractivity contribution < 1.29 is 24.1 Å². The summed E-state index contributed by atoms with van der Waals surface area (Å²) < 4.78 is 28.0. The Balaban J connectivity index is 1.35. The second-order valence-corrected chi connectivity index (χ2v) is 9.30. The summed E-state index contributed by atoms with van der Waals surface area (Å²) in [5.74, 6) is 3.87. The number of alkyl halides is 2. The van der Waals surface area contributed by atoms with Crippen LogP contribution in [0.1, 0.15) is 54.8 Å². The van der Waals surface area contributed by atoms with E-state index in [4.69, 9.17) is 5.11 Å². The Morgan fingerprint density at radius 2 is 1.72 bits per heavy atom. The Morgan fingerprint density at radius 3 is 2.31 bits per heavy atom. The lowest BCUT2D eigenvalue weighted by molar-refractivity contribution is -0.0512. The fourth-order valence-electron chi connectivity index (χ4n) is 4.38. The number of benzene rings is 2. The standard InChI is InChI=1S/C28H31F2N3O3/c1-19(36)27-31-12-13-33(27)26(16-34)11-4-20-2-5-21(6-3-20)22-7-9-23(10-8-22)24-14-25(15-24)32-17-28(29,30)18-35/h2-3,5-10,12-13,19,24-26,32,34-36H,14-18H2,1H3/t19-,24?,25?,26-/m0/s1. The number of nitrogens with zero attached hydrogens (tertiary/aromatic N) is 2. The molecule has 36 heavy (non-hydrogen) atoms. The lowest BCUT2D eigenvalue weighted by atomic mass is 9.75. The molecule has 1 aliphatic carbocycles. The zero-order valence-electron chi connectivity index (χ0n) is 20.1. The van der Waals surface area contributed by atoms with Crippen molar-refractivity contribution in [2.75, 3.05) is 19.8 Å². The van der Waals surface area contributed by atoms with Crippen LogP contribution in [0.5, 0.6) is 0 Å². The van der Waals surface area contributed by atoms with Crippen molar-refractivity contribution in [1.82, 2.24) is 14.9 Å². The molecule has 6 nitrogen and oxygen atoms in total. The lowest BCUT2D eigenvalue weighted by Crippen LogP contribution is -2.46. The molecular weight excluding hydrogens is 464 g/mol. The van der Waals surface area contributed by atoms with Crippen LogP contribution in [0.3, 0.4) is 0 Å². The third kappa shape index (κ3) is 6.18. The molecule has 1 aliphatic rings. The minimum absolute atomic E-state index is 0.0543. The number of rotatable bonds is 9. The maximum absolute atomic E-state index is 13.2. The molecule has 2 aromatic carbocycles. The minimum Gasteiger partial charge on any atom is -0.393 e.